The van der Waals surface area contributed by atoms with Crippen LogP contribution in [0.3, 0.4) is 0 Å². The molecule has 138 valence electrons. The Labute approximate surface area is 149 Å². The molecule has 0 atom stereocenters. The van der Waals surface area contributed by atoms with Gasteiger partial charge in [-0.05, 0) is 12.5 Å². The van der Waals surface area contributed by atoms with Crippen LogP contribution in [-0.2, 0) is 0 Å². The number of nitrogens with zero attached hydrogens (tertiary/aromatic N) is 2. The van der Waals surface area contributed by atoms with Crippen molar-refractivity contribution >= 4 is 11.8 Å². The van der Waals surface area contributed by atoms with E-state index in [0.29, 0.717) is 5.95 Å². The lowest BCUT2D eigenvalue weighted by molar-refractivity contribution is 0.537. The van der Waals surface area contributed by atoms with Crippen LogP contribution in [0.15, 0.2) is 12.3 Å². The maximum atomic E-state index is 5.55. The number of aromatic nitrogens is 2. The zero-order chi connectivity index (χ0) is 17.3. The van der Waals surface area contributed by atoms with E-state index in [9.17, 15) is 0 Å². The van der Waals surface area contributed by atoms with Gasteiger partial charge in [-0.3, -0.25) is 0 Å². The monoisotopic (exact) mass is 334 g/mol. The van der Waals surface area contributed by atoms with Crippen molar-refractivity contribution in [3.63, 3.8) is 0 Å². The molecule has 1 aromatic heterocycles. The van der Waals surface area contributed by atoms with Crippen molar-refractivity contribution in [2.75, 3.05) is 17.6 Å². The minimum atomic E-state index is 0.334. The van der Waals surface area contributed by atoms with Crippen molar-refractivity contribution in [3.8, 4) is 0 Å². The summed E-state index contributed by atoms with van der Waals surface area (Å²) in [5.74, 6) is 1.16. The average molecular weight is 335 g/mol. The first-order valence-corrected chi connectivity index (χ1v) is 10.2. The van der Waals surface area contributed by atoms with Crippen molar-refractivity contribution in [3.05, 3.63) is 12.3 Å². The molecule has 1 rings (SSSR count). The fourth-order valence-electron chi connectivity index (χ4n) is 3.01. The van der Waals surface area contributed by atoms with Crippen LogP contribution in [-0.4, -0.2) is 16.5 Å². The quantitative estimate of drug-likeness (QED) is 0.366. The number of nitrogens with one attached hydrogen (secondary N) is 1. The number of hydrogen-bond donors (Lipinski definition) is 2. The number of rotatable bonds is 16. The van der Waals surface area contributed by atoms with E-state index in [1.807, 2.05) is 6.07 Å². The van der Waals surface area contributed by atoms with Gasteiger partial charge in [0, 0.05) is 12.7 Å². The van der Waals surface area contributed by atoms with Crippen LogP contribution in [0.2, 0.25) is 0 Å². The molecule has 0 aliphatic heterocycles. The number of unbranched alkanes of at least 4 members (excludes halogenated alkanes) is 13. The second-order valence-electron chi connectivity index (χ2n) is 6.82. The Morgan fingerprint density at radius 2 is 1.29 bits per heavy atom. The molecule has 3 N–H and O–H groups in total. The van der Waals surface area contributed by atoms with Gasteiger partial charge in [0.25, 0.3) is 0 Å². The normalized spacial score (nSPS) is 10.9. The lowest BCUT2D eigenvalue weighted by atomic mass is 10.0. The molecule has 0 unspecified atom stereocenters. The maximum Gasteiger partial charge on any atom is 0.221 e. The fourth-order valence-corrected chi connectivity index (χ4v) is 3.01. The molecule has 0 saturated carbocycles. The predicted molar refractivity (Wildman–Crippen MR) is 105 cm³/mol. The molecule has 0 saturated heterocycles. The maximum absolute atomic E-state index is 5.55. The van der Waals surface area contributed by atoms with Gasteiger partial charge in [0.1, 0.15) is 5.82 Å². The average Bonchev–Trinajstić information content (AvgIpc) is 2.58. The van der Waals surface area contributed by atoms with Crippen LogP contribution in [0.1, 0.15) is 96.8 Å². The predicted octanol–water partition coefficient (Wildman–Crippen LogP) is 5.95. The molecule has 1 aromatic rings. The van der Waals surface area contributed by atoms with Crippen molar-refractivity contribution < 1.29 is 0 Å². The standard InChI is InChI=1S/C20H38N4/c1-2-3-4-5-6-7-8-9-10-11-12-13-14-15-17-22-19-16-18-23-20(21)24-19/h16,18H,2-15,17H2,1H3,(H3,21,22,23,24). The first-order valence-electron chi connectivity index (χ1n) is 10.2. The molecule has 0 fully saturated rings. The Kier molecular flexibility index (Phi) is 13.1. The van der Waals surface area contributed by atoms with E-state index in [4.69, 9.17) is 5.73 Å². The van der Waals surface area contributed by atoms with E-state index >= 15 is 0 Å². The van der Waals surface area contributed by atoms with Crippen LogP contribution in [0, 0.1) is 0 Å². The summed E-state index contributed by atoms with van der Waals surface area (Å²) in [6.45, 7) is 3.25. The molecule has 0 spiro atoms. The largest absolute Gasteiger partial charge is 0.370 e. The zero-order valence-corrected chi connectivity index (χ0v) is 15.7. The van der Waals surface area contributed by atoms with E-state index in [0.717, 1.165) is 12.4 Å². The fraction of sp³-hybridized carbons (Fsp3) is 0.800. The molecule has 24 heavy (non-hydrogen) atoms. The molecule has 0 aromatic carbocycles. The first-order chi connectivity index (χ1) is 11.8. The minimum absolute atomic E-state index is 0.334. The van der Waals surface area contributed by atoms with Crippen LogP contribution in [0.5, 0.6) is 0 Å². The van der Waals surface area contributed by atoms with E-state index in [1.54, 1.807) is 6.20 Å². The molecule has 0 amide bonds. The summed E-state index contributed by atoms with van der Waals surface area (Å²) in [5, 5.41) is 3.30. The van der Waals surface area contributed by atoms with E-state index in [-0.39, 0.29) is 0 Å². The number of hydrogen-bond acceptors (Lipinski definition) is 4. The highest BCUT2D eigenvalue weighted by atomic mass is 15.1. The third kappa shape index (κ3) is 12.1. The number of anilines is 2. The molecular weight excluding hydrogens is 296 g/mol. The van der Waals surface area contributed by atoms with E-state index in [2.05, 4.69) is 22.2 Å². The Morgan fingerprint density at radius 3 is 1.79 bits per heavy atom. The third-order valence-electron chi connectivity index (χ3n) is 4.51. The summed E-state index contributed by atoms with van der Waals surface area (Å²) in [4.78, 5) is 8.02. The van der Waals surface area contributed by atoms with Crippen LogP contribution >= 0.6 is 0 Å². The van der Waals surface area contributed by atoms with Gasteiger partial charge in [-0.25, -0.2) is 4.98 Å². The van der Waals surface area contributed by atoms with E-state index < -0.39 is 0 Å². The van der Waals surface area contributed by atoms with Crippen LogP contribution in [0.4, 0.5) is 11.8 Å². The van der Waals surface area contributed by atoms with E-state index in [1.165, 1.54) is 89.9 Å². The third-order valence-corrected chi connectivity index (χ3v) is 4.51. The summed E-state index contributed by atoms with van der Waals surface area (Å²) in [6, 6.07) is 1.86. The first kappa shape index (κ1) is 20.7. The summed E-state index contributed by atoms with van der Waals surface area (Å²) in [6.07, 6.45) is 21.2. The minimum Gasteiger partial charge on any atom is -0.370 e. The van der Waals surface area contributed by atoms with Crippen molar-refractivity contribution in [2.45, 2.75) is 96.8 Å². The molecule has 1 heterocycles. The van der Waals surface area contributed by atoms with Gasteiger partial charge in [0.05, 0.1) is 0 Å². The highest BCUT2D eigenvalue weighted by Crippen LogP contribution is 2.13. The van der Waals surface area contributed by atoms with Gasteiger partial charge in [0.15, 0.2) is 0 Å². The lowest BCUT2D eigenvalue weighted by Gasteiger charge is -2.06. The second kappa shape index (κ2) is 15.2. The van der Waals surface area contributed by atoms with Gasteiger partial charge in [-0.1, -0.05) is 90.4 Å². The van der Waals surface area contributed by atoms with Crippen molar-refractivity contribution in [2.24, 2.45) is 0 Å². The van der Waals surface area contributed by atoms with Gasteiger partial charge in [0.2, 0.25) is 5.95 Å². The Hall–Kier alpha value is -1.32. The number of nitrogen functional groups attached to an aromatic ring is 1. The molecule has 0 radical (unpaired) electrons. The van der Waals surface area contributed by atoms with Gasteiger partial charge >= 0.3 is 0 Å². The molecule has 4 heteroatoms. The summed E-state index contributed by atoms with van der Waals surface area (Å²) in [7, 11) is 0. The Balaban J connectivity index is 1.76. The Bertz CT molecular complexity index is 395. The highest BCUT2D eigenvalue weighted by Gasteiger charge is 1.96. The Morgan fingerprint density at radius 1 is 0.792 bits per heavy atom. The molecular formula is C20H38N4. The smallest absolute Gasteiger partial charge is 0.221 e. The van der Waals surface area contributed by atoms with Gasteiger partial charge in [-0.2, -0.15) is 4.98 Å². The molecule has 0 aliphatic carbocycles. The summed E-state index contributed by atoms with van der Waals surface area (Å²) >= 11 is 0. The zero-order valence-electron chi connectivity index (χ0n) is 15.7. The summed E-state index contributed by atoms with van der Waals surface area (Å²) in [5.41, 5.74) is 5.55. The SMILES string of the molecule is CCCCCCCCCCCCCCCCNc1ccnc(N)n1. The second-order valence-corrected chi connectivity index (χ2v) is 6.82. The van der Waals surface area contributed by atoms with Crippen LogP contribution < -0.4 is 11.1 Å². The van der Waals surface area contributed by atoms with Crippen LogP contribution in [0.25, 0.3) is 0 Å². The van der Waals surface area contributed by atoms with Gasteiger partial charge < -0.3 is 11.1 Å². The highest BCUT2D eigenvalue weighted by molar-refractivity contribution is 5.36. The molecule has 0 bridgehead atoms. The lowest BCUT2D eigenvalue weighted by Crippen LogP contribution is -2.05. The van der Waals surface area contributed by atoms with Crippen molar-refractivity contribution in [1.29, 1.82) is 0 Å². The van der Waals surface area contributed by atoms with Gasteiger partial charge in [-0.15, -0.1) is 0 Å². The molecule has 0 aliphatic rings. The summed E-state index contributed by atoms with van der Waals surface area (Å²) < 4.78 is 0. The molecule has 4 nitrogen and oxygen atoms in total. The van der Waals surface area contributed by atoms with Crippen molar-refractivity contribution in [1.82, 2.24) is 9.97 Å². The topological polar surface area (TPSA) is 63.8 Å². The number of nitrogens with two attached hydrogens (primary N) is 1.